The minimum absolute atomic E-state index is 0.0311. The van der Waals surface area contributed by atoms with Crippen LogP contribution < -0.4 is 10.2 Å². The third-order valence-corrected chi connectivity index (χ3v) is 6.46. The SMILES string of the molecule is CCn1c(C2CCCN2C(=O)Nc2ccccc2N(C)c2ccccc2)nc2ccccc21. The lowest BCUT2D eigenvalue weighted by molar-refractivity contribution is 0.204. The van der Waals surface area contributed by atoms with E-state index in [1.807, 2.05) is 72.6 Å². The molecule has 6 nitrogen and oxygen atoms in total. The molecule has 0 bridgehead atoms. The van der Waals surface area contributed by atoms with Crippen LogP contribution in [0, 0.1) is 0 Å². The number of imidazole rings is 1. The summed E-state index contributed by atoms with van der Waals surface area (Å²) in [7, 11) is 2.02. The second-order valence-electron chi connectivity index (χ2n) is 8.40. The number of para-hydroxylation sites is 5. The fourth-order valence-electron chi connectivity index (χ4n) is 4.81. The number of urea groups is 1. The van der Waals surface area contributed by atoms with Gasteiger partial charge in [-0.05, 0) is 56.2 Å². The topological polar surface area (TPSA) is 53.4 Å². The van der Waals surface area contributed by atoms with Crippen molar-refractivity contribution in [2.75, 3.05) is 23.8 Å². The Morgan fingerprint density at radius 2 is 1.76 bits per heavy atom. The van der Waals surface area contributed by atoms with Crippen LogP contribution in [0.25, 0.3) is 11.0 Å². The van der Waals surface area contributed by atoms with Gasteiger partial charge in [-0.2, -0.15) is 0 Å². The Labute approximate surface area is 194 Å². The Morgan fingerprint density at radius 3 is 2.58 bits per heavy atom. The van der Waals surface area contributed by atoms with Crippen LogP contribution in [0.15, 0.2) is 78.9 Å². The molecule has 3 aromatic carbocycles. The van der Waals surface area contributed by atoms with Crippen LogP contribution in [0.4, 0.5) is 21.9 Å². The van der Waals surface area contributed by atoms with Gasteiger partial charge in [0.05, 0.1) is 28.5 Å². The monoisotopic (exact) mass is 439 g/mol. The number of carbonyl (C=O) groups excluding carboxylic acids is 1. The largest absolute Gasteiger partial charge is 0.343 e. The van der Waals surface area contributed by atoms with Crippen molar-refractivity contribution in [3.05, 3.63) is 84.7 Å². The number of benzene rings is 3. The molecule has 1 aliphatic rings. The lowest BCUT2D eigenvalue weighted by Gasteiger charge is -2.27. The van der Waals surface area contributed by atoms with E-state index in [0.717, 1.165) is 59.9 Å². The number of likely N-dealkylation sites (tertiary alicyclic amines) is 1. The number of carbonyl (C=O) groups is 1. The molecule has 5 rings (SSSR count). The first-order valence-electron chi connectivity index (χ1n) is 11.6. The number of aromatic nitrogens is 2. The summed E-state index contributed by atoms with van der Waals surface area (Å²) in [6, 6.07) is 26.2. The smallest absolute Gasteiger partial charge is 0.322 e. The zero-order valence-corrected chi connectivity index (χ0v) is 19.1. The molecule has 168 valence electrons. The normalized spacial score (nSPS) is 15.7. The lowest BCUT2D eigenvalue weighted by Crippen LogP contribution is -2.35. The highest BCUT2D eigenvalue weighted by molar-refractivity contribution is 5.94. The minimum atomic E-state index is -0.0823. The van der Waals surface area contributed by atoms with E-state index in [1.165, 1.54) is 0 Å². The average Bonchev–Trinajstić information content (AvgIpc) is 3.49. The second kappa shape index (κ2) is 8.98. The number of nitrogens with one attached hydrogen (secondary N) is 1. The van der Waals surface area contributed by atoms with Crippen molar-refractivity contribution in [1.29, 1.82) is 0 Å². The molecule has 33 heavy (non-hydrogen) atoms. The molecule has 1 atom stereocenters. The van der Waals surface area contributed by atoms with Crippen molar-refractivity contribution in [2.24, 2.45) is 0 Å². The van der Waals surface area contributed by atoms with E-state index in [0.29, 0.717) is 0 Å². The Hall–Kier alpha value is -3.80. The molecular formula is C27H29N5O. The van der Waals surface area contributed by atoms with Crippen molar-refractivity contribution in [3.63, 3.8) is 0 Å². The number of hydrogen-bond donors (Lipinski definition) is 1. The van der Waals surface area contributed by atoms with E-state index >= 15 is 0 Å². The first-order chi connectivity index (χ1) is 16.2. The Kier molecular flexibility index (Phi) is 5.73. The van der Waals surface area contributed by atoms with Gasteiger partial charge in [0.15, 0.2) is 0 Å². The van der Waals surface area contributed by atoms with E-state index in [4.69, 9.17) is 4.98 Å². The van der Waals surface area contributed by atoms with Crippen molar-refractivity contribution >= 4 is 34.1 Å². The highest BCUT2D eigenvalue weighted by Crippen LogP contribution is 2.35. The third-order valence-electron chi connectivity index (χ3n) is 6.46. The van der Waals surface area contributed by atoms with Crippen LogP contribution in [0.2, 0.25) is 0 Å². The minimum Gasteiger partial charge on any atom is -0.343 e. The number of nitrogens with zero attached hydrogens (tertiary/aromatic N) is 4. The maximum absolute atomic E-state index is 13.5. The number of aryl methyl sites for hydroxylation is 1. The fraction of sp³-hybridized carbons (Fsp3) is 0.259. The molecule has 1 N–H and O–H groups in total. The summed E-state index contributed by atoms with van der Waals surface area (Å²) in [6.45, 7) is 3.68. The van der Waals surface area contributed by atoms with Crippen LogP contribution in [0.5, 0.6) is 0 Å². The number of hydrogen-bond acceptors (Lipinski definition) is 3. The van der Waals surface area contributed by atoms with Crippen molar-refractivity contribution in [2.45, 2.75) is 32.4 Å². The van der Waals surface area contributed by atoms with E-state index in [9.17, 15) is 4.79 Å². The average molecular weight is 440 g/mol. The molecule has 6 heteroatoms. The molecule has 0 spiro atoms. The summed E-state index contributed by atoms with van der Waals surface area (Å²) in [6.07, 6.45) is 1.89. The lowest BCUT2D eigenvalue weighted by atomic mass is 10.2. The molecular weight excluding hydrogens is 410 g/mol. The summed E-state index contributed by atoms with van der Waals surface area (Å²) < 4.78 is 2.24. The predicted molar refractivity (Wildman–Crippen MR) is 134 cm³/mol. The third kappa shape index (κ3) is 3.93. The quantitative estimate of drug-likeness (QED) is 0.403. The van der Waals surface area contributed by atoms with Gasteiger partial charge in [0.2, 0.25) is 0 Å². The van der Waals surface area contributed by atoms with E-state index < -0.39 is 0 Å². The molecule has 0 radical (unpaired) electrons. The van der Waals surface area contributed by atoms with Gasteiger partial charge in [-0.1, -0.05) is 42.5 Å². The van der Waals surface area contributed by atoms with Crippen molar-refractivity contribution in [1.82, 2.24) is 14.5 Å². The predicted octanol–water partition coefficient (Wildman–Crippen LogP) is 6.19. The van der Waals surface area contributed by atoms with Crippen molar-refractivity contribution in [3.8, 4) is 0 Å². The molecule has 1 saturated heterocycles. The Bertz CT molecular complexity index is 1270. The van der Waals surface area contributed by atoms with Gasteiger partial charge in [0.25, 0.3) is 0 Å². The summed E-state index contributed by atoms with van der Waals surface area (Å²) in [5, 5.41) is 3.18. The van der Waals surface area contributed by atoms with Gasteiger partial charge in [-0.3, -0.25) is 0 Å². The first kappa shape index (κ1) is 21.1. The molecule has 1 aliphatic heterocycles. The van der Waals surface area contributed by atoms with Crippen LogP contribution in [-0.4, -0.2) is 34.1 Å². The van der Waals surface area contributed by atoms with Crippen LogP contribution >= 0.6 is 0 Å². The number of anilines is 3. The first-order valence-corrected chi connectivity index (χ1v) is 11.6. The van der Waals surface area contributed by atoms with Gasteiger partial charge in [-0.25, -0.2) is 9.78 Å². The van der Waals surface area contributed by atoms with Crippen LogP contribution in [-0.2, 0) is 6.54 Å². The zero-order valence-electron chi connectivity index (χ0n) is 19.1. The van der Waals surface area contributed by atoms with E-state index in [1.54, 1.807) is 0 Å². The zero-order chi connectivity index (χ0) is 22.8. The standard InChI is InChI=1S/C27H29N5O/c1-3-31-24-17-10-8-15-22(24)28-26(31)25-18-11-19-32(25)27(33)29-21-14-7-9-16-23(21)30(2)20-12-5-4-6-13-20/h4-10,12-17,25H,3,11,18-19H2,1-2H3,(H,29,33). The molecule has 2 amide bonds. The highest BCUT2D eigenvalue weighted by atomic mass is 16.2. The van der Waals surface area contributed by atoms with Crippen molar-refractivity contribution < 1.29 is 4.79 Å². The molecule has 1 aromatic heterocycles. The highest BCUT2D eigenvalue weighted by Gasteiger charge is 2.34. The fourth-order valence-corrected chi connectivity index (χ4v) is 4.81. The Balaban J connectivity index is 1.42. The van der Waals surface area contributed by atoms with Gasteiger partial charge in [-0.15, -0.1) is 0 Å². The number of amides is 2. The van der Waals surface area contributed by atoms with Gasteiger partial charge in [0, 0.05) is 25.8 Å². The molecule has 1 fully saturated rings. The summed E-state index contributed by atoms with van der Waals surface area (Å²) in [4.78, 5) is 22.4. The maximum atomic E-state index is 13.5. The van der Waals surface area contributed by atoms with Gasteiger partial charge in [0.1, 0.15) is 5.82 Å². The molecule has 4 aromatic rings. The second-order valence-corrected chi connectivity index (χ2v) is 8.40. The summed E-state index contributed by atoms with van der Waals surface area (Å²) in [5.74, 6) is 0.973. The molecule has 2 heterocycles. The Morgan fingerprint density at radius 1 is 1.03 bits per heavy atom. The number of rotatable bonds is 5. The van der Waals surface area contributed by atoms with Gasteiger partial charge >= 0.3 is 6.03 Å². The van der Waals surface area contributed by atoms with Crippen LogP contribution in [0.1, 0.15) is 31.6 Å². The summed E-state index contributed by atoms with van der Waals surface area (Å²) in [5.41, 5.74) is 4.92. The van der Waals surface area contributed by atoms with Crippen LogP contribution in [0.3, 0.4) is 0 Å². The number of fused-ring (bicyclic) bond motifs is 1. The van der Waals surface area contributed by atoms with Gasteiger partial charge < -0.3 is 19.7 Å². The van der Waals surface area contributed by atoms with E-state index in [-0.39, 0.29) is 12.1 Å². The van der Waals surface area contributed by atoms with E-state index in [2.05, 4.69) is 39.9 Å². The summed E-state index contributed by atoms with van der Waals surface area (Å²) >= 11 is 0. The molecule has 0 aliphatic carbocycles. The maximum Gasteiger partial charge on any atom is 0.322 e. The molecule has 1 unspecified atom stereocenters. The molecule has 0 saturated carbocycles.